The van der Waals surface area contributed by atoms with E-state index in [2.05, 4.69) is 0 Å². The van der Waals surface area contributed by atoms with Crippen LogP contribution < -0.4 is 0 Å². The molecule has 0 heterocycles. The molecule has 0 saturated carbocycles. The zero-order valence-electron chi connectivity index (χ0n) is 12.0. The first kappa shape index (κ1) is 20.2. The molecule has 2 N–H and O–H groups in total. The van der Waals surface area contributed by atoms with Gasteiger partial charge in [-0.1, -0.05) is 0 Å². The fraction of sp³-hybridized carbons (Fsp3) is 0.133. The van der Waals surface area contributed by atoms with E-state index in [4.69, 9.17) is 9.84 Å². The summed E-state index contributed by atoms with van der Waals surface area (Å²) in [7, 11) is 0. The molecule has 2 aromatic rings. The van der Waals surface area contributed by atoms with Crippen molar-refractivity contribution in [1.82, 2.24) is 0 Å². The number of phenolic OH excluding ortho intramolecular Hbond substituents is 1. The Kier molecular flexibility index (Phi) is 6.48. The molecule has 0 aliphatic carbocycles. The molecular formula is C15H8F4I2O4. The Morgan fingerprint density at radius 3 is 2.04 bits per heavy atom. The van der Waals surface area contributed by atoms with E-state index in [0.717, 1.165) is 0 Å². The predicted octanol–water partition coefficient (Wildman–Crippen LogP) is 4.01. The third kappa shape index (κ3) is 4.00. The molecule has 0 amide bonds. The maximum Gasteiger partial charge on any atom is 0.342 e. The normalized spacial score (nSPS) is 10.8. The molecule has 10 heteroatoms. The number of carbonyl (C=O) groups excluding carboxylic acids is 1. The molecule has 25 heavy (non-hydrogen) atoms. The van der Waals surface area contributed by atoms with Crippen LogP contribution in [0.2, 0.25) is 0 Å². The van der Waals surface area contributed by atoms with Crippen molar-refractivity contribution < 1.29 is 37.3 Å². The van der Waals surface area contributed by atoms with E-state index in [0.29, 0.717) is 12.7 Å². The Hall–Kier alpha value is -1.15. The quantitative estimate of drug-likeness (QED) is 0.188. The number of rotatable bonds is 4. The Labute approximate surface area is 166 Å². The van der Waals surface area contributed by atoms with Gasteiger partial charge in [0.25, 0.3) is 0 Å². The second-order valence-corrected chi connectivity index (χ2v) is 7.08. The van der Waals surface area contributed by atoms with Crippen LogP contribution in [0.1, 0.15) is 21.5 Å². The van der Waals surface area contributed by atoms with Gasteiger partial charge in [-0.25, -0.2) is 22.4 Å². The summed E-state index contributed by atoms with van der Waals surface area (Å²) in [5, 5.41) is 18.7. The molecule has 2 aromatic carbocycles. The topological polar surface area (TPSA) is 66.8 Å². The highest BCUT2D eigenvalue weighted by Crippen LogP contribution is 2.28. The van der Waals surface area contributed by atoms with Crippen LogP contribution in [-0.4, -0.2) is 16.2 Å². The molecule has 0 aromatic heterocycles. The molecule has 0 aliphatic rings. The van der Waals surface area contributed by atoms with Gasteiger partial charge in [-0.15, -0.1) is 0 Å². The molecule has 134 valence electrons. The number of esters is 1. The van der Waals surface area contributed by atoms with E-state index in [1.165, 1.54) is 12.1 Å². The average Bonchev–Trinajstić information content (AvgIpc) is 2.58. The molecule has 0 spiro atoms. The van der Waals surface area contributed by atoms with Crippen molar-refractivity contribution in [2.24, 2.45) is 0 Å². The first-order valence-electron chi connectivity index (χ1n) is 6.48. The van der Waals surface area contributed by atoms with Crippen molar-refractivity contribution in [1.29, 1.82) is 0 Å². The van der Waals surface area contributed by atoms with Crippen molar-refractivity contribution in [2.75, 3.05) is 0 Å². The lowest BCUT2D eigenvalue weighted by molar-refractivity contribution is 0.0460. The van der Waals surface area contributed by atoms with Gasteiger partial charge in [-0.2, -0.15) is 0 Å². The highest BCUT2D eigenvalue weighted by atomic mass is 127. The van der Waals surface area contributed by atoms with Gasteiger partial charge in [0.2, 0.25) is 0 Å². The summed E-state index contributed by atoms with van der Waals surface area (Å²) in [6.07, 6.45) is 0. The summed E-state index contributed by atoms with van der Waals surface area (Å²) in [5.74, 6) is -9.52. The highest BCUT2D eigenvalue weighted by Gasteiger charge is 2.29. The van der Waals surface area contributed by atoms with Crippen LogP contribution in [0.4, 0.5) is 17.6 Å². The molecular weight excluding hydrogens is 574 g/mol. The number of carbonyl (C=O) groups is 1. The third-order valence-corrected chi connectivity index (χ3v) is 4.82. The first-order chi connectivity index (χ1) is 11.7. The molecule has 0 radical (unpaired) electrons. The number of hydrogen-bond acceptors (Lipinski definition) is 4. The van der Waals surface area contributed by atoms with E-state index in [1.807, 2.05) is 45.2 Å². The van der Waals surface area contributed by atoms with E-state index in [1.54, 1.807) is 0 Å². The minimum atomic E-state index is -2.17. The molecule has 0 atom stereocenters. The van der Waals surface area contributed by atoms with E-state index < -0.39 is 53.6 Å². The zero-order valence-corrected chi connectivity index (χ0v) is 16.4. The van der Waals surface area contributed by atoms with Crippen LogP contribution in [0.3, 0.4) is 0 Å². The monoisotopic (exact) mass is 582 g/mol. The van der Waals surface area contributed by atoms with Crippen molar-refractivity contribution in [3.63, 3.8) is 0 Å². The zero-order chi connectivity index (χ0) is 18.9. The molecule has 4 nitrogen and oxygen atoms in total. The fourth-order valence-electron chi connectivity index (χ4n) is 1.96. The largest absolute Gasteiger partial charge is 0.506 e. The van der Waals surface area contributed by atoms with E-state index >= 15 is 0 Å². The van der Waals surface area contributed by atoms with Gasteiger partial charge in [0.15, 0.2) is 23.3 Å². The third-order valence-electron chi connectivity index (χ3n) is 3.17. The second-order valence-electron chi connectivity index (χ2n) is 4.75. The minimum absolute atomic E-state index is 0.0348. The Morgan fingerprint density at radius 1 is 1.00 bits per heavy atom. The number of halogens is 6. The van der Waals surface area contributed by atoms with Gasteiger partial charge in [-0.05, 0) is 62.9 Å². The molecule has 2 rings (SSSR count). The number of benzene rings is 2. The Balaban J connectivity index is 2.33. The maximum atomic E-state index is 13.8. The van der Waals surface area contributed by atoms with Gasteiger partial charge in [0, 0.05) is 5.56 Å². The molecule has 0 aliphatic heterocycles. The molecule has 0 fully saturated rings. The Bertz CT molecular complexity index is 835. The number of hydrogen-bond donors (Lipinski definition) is 2. The summed E-state index contributed by atoms with van der Waals surface area (Å²) < 4.78 is 59.7. The van der Waals surface area contributed by atoms with Crippen LogP contribution in [0, 0.1) is 30.4 Å². The second kappa shape index (κ2) is 8.03. The van der Waals surface area contributed by atoms with Crippen LogP contribution in [0.15, 0.2) is 12.1 Å². The summed E-state index contributed by atoms with van der Waals surface area (Å²) in [4.78, 5) is 12.0. The van der Waals surface area contributed by atoms with Crippen LogP contribution >= 0.6 is 45.2 Å². The van der Waals surface area contributed by atoms with Crippen LogP contribution in [0.25, 0.3) is 0 Å². The summed E-state index contributed by atoms with van der Waals surface area (Å²) in [5.41, 5.74) is -1.81. The number of aliphatic hydroxyl groups excluding tert-OH is 1. The fourth-order valence-corrected chi connectivity index (χ4v) is 3.86. The molecule has 0 bridgehead atoms. The lowest BCUT2D eigenvalue weighted by atomic mass is 10.1. The van der Waals surface area contributed by atoms with Crippen molar-refractivity contribution >= 4 is 51.2 Å². The molecule has 0 unspecified atom stereocenters. The number of ether oxygens (including phenoxy) is 1. The standard InChI is InChI=1S/C15H8F4I2O4/c16-10-6(3-22)9(11(17)13(19)12(10)18)15(24)25-4-5-1-7(20)14(23)8(21)2-5/h1-2,22-23H,3-4H2. The number of phenols is 1. The lowest BCUT2D eigenvalue weighted by Crippen LogP contribution is -2.16. The molecule has 0 saturated heterocycles. The van der Waals surface area contributed by atoms with Gasteiger partial charge >= 0.3 is 5.97 Å². The van der Waals surface area contributed by atoms with Crippen molar-refractivity contribution in [2.45, 2.75) is 13.2 Å². The van der Waals surface area contributed by atoms with Gasteiger partial charge in [0.1, 0.15) is 17.9 Å². The van der Waals surface area contributed by atoms with Crippen LogP contribution in [0.5, 0.6) is 5.75 Å². The average molecular weight is 582 g/mol. The predicted molar refractivity (Wildman–Crippen MR) is 94.9 cm³/mol. The minimum Gasteiger partial charge on any atom is -0.506 e. The number of aromatic hydroxyl groups is 1. The van der Waals surface area contributed by atoms with Gasteiger partial charge < -0.3 is 14.9 Å². The lowest BCUT2D eigenvalue weighted by Gasteiger charge is -2.12. The SMILES string of the molecule is O=C(OCc1cc(I)c(O)c(I)c1)c1c(F)c(F)c(F)c(F)c1CO. The van der Waals surface area contributed by atoms with Gasteiger partial charge in [-0.3, -0.25) is 0 Å². The summed E-state index contributed by atoms with van der Waals surface area (Å²) >= 11 is 3.69. The summed E-state index contributed by atoms with van der Waals surface area (Å²) in [6, 6.07) is 2.97. The smallest absolute Gasteiger partial charge is 0.342 e. The highest BCUT2D eigenvalue weighted by molar-refractivity contribution is 14.1. The Morgan fingerprint density at radius 2 is 1.52 bits per heavy atom. The maximum absolute atomic E-state index is 13.8. The number of aliphatic hydroxyl groups is 1. The van der Waals surface area contributed by atoms with Crippen molar-refractivity contribution in [3.8, 4) is 5.75 Å². The summed E-state index contributed by atoms with van der Waals surface area (Å²) in [6.45, 7) is -1.62. The van der Waals surface area contributed by atoms with Crippen molar-refractivity contribution in [3.05, 3.63) is 59.2 Å². The van der Waals surface area contributed by atoms with E-state index in [9.17, 15) is 27.5 Å². The van der Waals surface area contributed by atoms with E-state index in [-0.39, 0.29) is 5.75 Å². The first-order valence-corrected chi connectivity index (χ1v) is 8.64. The van der Waals surface area contributed by atoms with Gasteiger partial charge in [0.05, 0.1) is 13.7 Å². The van der Waals surface area contributed by atoms with Crippen LogP contribution in [-0.2, 0) is 18.0 Å².